The smallest absolute Gasteiger partial charge is 0.318 e. The molecular formula is C33H33N5O. The van der Waals surface area contributed by atoms with Gasteiger partial charge in [0.25, 0.3) is 0 Å². The number of hydrogen-bond donors (Lipinski definition) is 1. The molecule has 5 aromatic rings. The average molecular weight is 516 g/mol. The van der Waals surface area contributed by atoms with Gasteiger partial charge in [0.1, 0.15) is 5.82 Å². The summed E-state index contributed by atoms with van der Waals surface area (Å²) in [6, 6.07) is 32.8. The number of rotatable bonds is 6. The Morgan fingerprint density at radius 1 is 0.846 bits per heavy atom. The number of carbonyl (C=O) groups excluding carboxylic acids is 1. The van der Waals surface area contributed by atoms with Gasteiger partial charge in [0.2, 0.25) is 0 Å². The largest absolute Gasteiger partial charge is 0.334 e. The van der Waals surface area contributed by atoms with E-state index >= 15 is 0 Å². The summed E-state index contributed by atoms with van der Waals surface area (Å²) in [6.07, 6.45) is 3.84. The normalized spacial score (nSPS) is 14.4. The van der Waals surface area contributed by atoms with Gasteiger partial charge in [-0.05, 0) is 53.8 Å². The quantitative estimate of drug-likeness (QED) is 0.277. The lowest BCUT2D eigenvalue weighted by Crippen LogP contribution is -2.41. The van der Waals surface area contributed by atoms with Gasteiger partial charge >= 0.3 is 6.03 Å². The summed E-state index contributed by atoms with van der Waals surface area (Å²) in [6.45, 7) is 5.21. The first-order valence-electron chi connectivity index (χ1n) is 13.7. The molecular weight excluding hydrogens is 482 g/mol. The van der Waals surface area contributed by atoms with Crippen molar-refractivity contribution in [3.63, 3.8) is 0 Å². The number of amides is 2. The molecule has 0 unspecified atom stereocenters. The van der Waals surface area contributed by atoms with Crippen molar-refractivity contribution in [2.45, 2.75) is 45.8 Å². The maximum Gasteiger partial charge on any atom is 0.318 e. The number of carbonyl (C=O) groups is 1. The predicted molar refractivity (Wildman–Crippen MR) is 154 cm³/mol. The zero-order chi connectivity index (χ0) is 26.8. The number of nitrogens with one attached hydrogen (secondary N) is 1. The summed E-state index contributed by atoms with van der Waals surface area (Å²) in [7, 11) is 0. The van der Waals surface area contributed by atoms with Crippen molar-refractivity contribution in [3.8, 4) is 11.5 Å². The van der Waals surface area contributed by atoms with Crippen molar-refractivity contribution in [2.24, 2.45) is 0 Å². The number of benzene rings is 3. The monoisotopic (exact) mass is 515 g/mol. The second-order valence-electron chi connectivity index (χ2n) is 9.92. The molecule has 1 N–H and O–H groups in total. The predicted octanol–water partition coefficient (Wildman–Crippen LogP) is 6.60. The number of aryl methyl sites for hydroxylation is 2. The summed E-state index contributed by atoms with van der Waals surface area (Å²) in [5.74, 6) is 0.992. The molecule has 3 aromatic carbocycles. The van der Waals surface area contributed by atoms with Gasteiger partial charge in [-0.3, -0.25) is 0 Å². The van der Waals surface area contributed by atoms with Crippen LogP contribution in [0.15, 0.2) is 103 Å². The van der Waals surface area contributed by atoms with E-state index in [1.54, 1.807) is 0 Å². The number of urea groups is 1. The van der Waals surface area contributed by atoms with E-state index in [2.05, 4.69) is 78.5 Å². The Morgan fingerprint density at radius 3 is 2.26 bits per heavy atom. The van der Waals surface area contributed by atoms with Crippen LogP contribution in [0.25, 0.3) is 11.5 Å². The molecule has 6 nitrogen and oxygen atoms in total. The molecule has 0 radical (unpaired) electrons. The average Bonchev–Trinajstić information content (AvgIpc) is 3.58. The van der Waals surface area contributed by atoms with Crippen LogP contribution >= 0.6 is 0 Å². The minimum atomic E-state index is -0.261. The number of hydrogen-bond acceptors (Lipinski definition) is 2. The Bertz CT molecular complexity index is 1570. The summed E-state index contributed by atoms with van der Waals surface area (Å²) < 4.78 is 4.25. The lowest BCUT2D eigenvalue weighted by Gasteiger charge is -2.31. The first kappa shape index (κ1) is 24.7. The van der Waals surface area contributed by atoms with E-state index < -0.39 is 0 Å². The van der Waals surface area contributed by atoms with E-state index in [1.807, 2.05) is 58.1 Å². The second-order valence-corrected chi connectivity index (χ2v) is 9.92. The molecule has 0 fully saturated rings. The Hall–Kier alpha value is -4.58. The van der Waals surface area contributed by atoms with Gasteiger partial charge in [-0.2, -0.15) is 5.10 Å². The van der Waals surface area contributed by atoms with Crippen molar-refractivity contribution < 1.29 is 4.79 Å². The van der Waals surface area contributed by atoms with E-state index in [0.29, 0.717) is 13.1 Å². The fourth-order valence-corrected chi connectivity index (χ4v) is 5.51. The van der Waals surface area contributed by atoms with Crippen LogP contribution in [0.5, 0.6) is 0 Å². The zero-order valence-electron chi connectivity index (χ0n) is 22.4. The van der Waals surface area contributed by atoms with Crippen LogP contribution in [0, 0.1) is 0 Å². The third-order valence-corrected chi connectivity index (χ3v) is 7.56. The molecule has 0 saturated heterocycles. The Morgan fingerprint density at radius 2 is 1.56 bits per heavy atom. The van der Waals surface area contributed by atoms with Crippen LogP contribution in [0.4, 0.5) is 4.79 Å². The number of aromatic nitrogens is 3. The Labute approximate surface area is 229 Å². The van der Waals surface area contributed by atoms with E-state index in [4.69, 9.17) is 5.10 Å². The number of fused-ring (bicyclic) bond motifs is 3. The maximum absolute atomic E-state index is 14.0. The first-order chi connectivity index (χ1) is 19.2. The standard InChI is InChI=1S/C33H33N5O/c1-3-24-17-19-26(20-18-24)31-30-16-11-21-36(30)32-28(29(4-2)35-38(32)27-14-9-6-10-15-27)23-37(31)33(39)34-22-25-12-7-5-8-13-25/h5-21,31H,3-4,22-23H2,1-2H3,(H,34,39)/t31-/m1/s1. The van der Waals surface area contributed by atoms with Crippen LogP contribution in [0.2, 0.25) is 0 Å². The zero-order valence-corrected chi connectivity index (χ0v) is 22.4. The van der Waals surface area contributed by atoms with Crippen molar-refractivity contribution in [2.75, 3.05) is 0 Å². The Kier molecular flexibility index (Phi) is 6.76. The highest BCUT2D eigenvalue weighted by Crippen LogP contribution is 2.38. The van der Waals surface area contributed by atoms with Gasteiger partial charge < -0.3 is 14.8 Å². The number of para-hydroxylation sites is 1. The van der Waals surface area contributed by atoms with Gasteiger partial charge in [0, 0.05) is 18.3 Å². The van der Waals surface area contributed by atoms with Gasteiger partial charge in [-0.25, -0.2) is 9.48 Å². The van der Waals surface area contributed by atoms with E-state index in [-0.39, 0.29) is 12.1 Å². The SMILES string of the molecule is CCc1ccc([C@@H]2c3cccn3-c3c(c(CC)nn3-c3ccccc3)CN2C(=O)NCc2ccccc2)cc1. The molecule has 1 aliphatic rings. The van der Waals surface area contributed by atoms with E-state index in [1.165, 1.54) is 5.56 Å². The lowest BCUT2D eigenvalue weighted by molar-refractivity contribution is 0.180. The molecule has 6 heteroatoms. The summed E-state index contributed by atoms with van der Waals surface area (Å²) in [4.78, 5) is 16.0. The molecule has 6 rings (SSSR count). The van der Waals surface area contributed by atoms with Crippen LogP contribution < -0.4 is 5.32 Å². The van der Waals surface area contributed by atoms with Gasteiger partial charge in [0.15, 0.2) is 0 Å². The molecule has 3 heterocycles. The minimum absolute atomic E-state index is 0.0986. The molecule has 196 valence electrons. The van der Waals surface area contributed by atoms with E-state index in [0.717, 1.165) is 52.4 Å². The van der Waals surface area contributed by atoms with Crippen LogP contribution in [-0.2, 0) is 25.9 Å². The Balaban J connectivity index is 1.50. The third kappa shape index (κ3) is 4.63. The summed E-state index contributed by atoms with van der Waals surface area (Å²) in [5.41, 5.74) is 7.53. The van der Waals surface area contributed by atoms with Crippen molar-refractivity contribution in [1.82, 2.24) is 24.6 Å². The van der Waals surface area contributed by atoms with Crippen LogP contribution in [0.1, 0.15) is 53.5 Å². The molecule has 1 aliphatic heterocycles. The van der Waals surface area contributed by atoms with Crippen LogP contribution in [0.3, 0.4) is 0 Å². The fraction of sp³-hybridized carbons (Fsp3) is 0.212. The number of nitrogens with zero attached hydrogens (tertiary/aromatic N) is 4. The van der Waals surface area contributed by atoms with Crippen LogP contribution in [-0.4, -0.2) is 25.3 Å². The molecule has 39 heavy (non-hydrogen) atoms. The second kappa shape index (κ2) is 10.7. The molecule has 2 amide bonds. The molecule has 0 aliphatic carbocycles. The molecule has 0 spiro atoms. The highest BCUT2D eigenvalue weighted by molar-refractivity contribution is 5.76. The summed E-state index contributed by atoms with van der Waals surface area (Å²) >= 11 is 0. The highest BCUT2D eigenvalue weighted by Gasteiger charge is 2.36. The van der Waals surface area contributed by atoms with Gasteiger partial charge in [0.05, 0.1) is 29.7 Å². The first-order valence-corrected chi connectivity index (χ1v) is 13.7. The fourth-order valence-electron chi connectivity index (χ4n) is 5.51. The third-order valence-electron chi connectivity index (χ3n) is 7.56. The van der Waals surface area contributed by atoms with E-state index in [9.17, 15) is 4.79 Å². The molecule has 0 bridgehead atoms. The maximum atomic E-state index is 14.0. The van der Waals surface area contributed by atoms with Gasteiger partial charge in [-0.1, -0.05) is 86.6 Å². The van der Waals surface area contributed by atoms with Crippen molar-refractivity contribution >= 4 is 6.03 Å². The highest BCUT2D eigenvalue weighted by atomic mass is 16.2. The van der Waals surface area contributed by atoms with Crippen molar-refractivity contribution in [3.05, 3.63) is 137 Å². The summed E-state index contributed by atoms with van der Waals surface area (Å²) in [5, 5.41) is 8.25. The molecule has 1 atom stereocenters. The molecule has 0 saturated carbocycles. The lowest BCUT2D eigenvalue weighted by atomic mass is 9.99. The van der Waals surface area contributed by atoms with Gasteiger partial charge in [-0.15, -0.1) is 0 Å². The molecule has 2 aromatic heterocycles. The minimum Gasteiger partial charge on any atom is -0.334 e. The topological polar surface area (TPSA) is 55.1 Å². The van der Waals surface area contributed by atoms with Crippen molar-refractivity contribution in [1.29, 1.82) is 0 Å².